The predicted molar refractivity (Wildman–Crippen MR) is 82.7 cm³/mol. The van der Waals surface area contributed by atoms with Crippen LogP contribution >= 0.6 is 0 Å². The number of piperidine rings is 1. The van der Waals surface area contributed by atoms with Gasteiger partial charge in [-0.25, -0.2) is 0 Å². The van der Waals surface area contributed by atoms with Crippen molar-refractivity contribution in [3.8, 4) is 5.75 Å². The Morgan fingerprint density at radius 3 is 2.25 bits per heavy atom. The van der Waals surface area contributed by atoms with Crippen molar-refractivity contribution < 1.29 is 4.74 Å². The maximum atomic E-state index is 5.22. The van der Waals surface area contributed by atoms with Crippen molar-refractivity contribution >= 4 is 5.69 Å². The lowest BCUT2D eigenvalue weighted by atomic mass is 10.0. The number of nitrogens with zero attached hydrogens (tertiary/aromatic N) is 2. The van der Waals surface area contributed by atoms with Gasteiger partial charge in [-0.1, -0.05) is 0 Å². The molecule has 1 aromatic rings. The molecule has 110 valence electrons. The number of ether oxygens (including phenoxy) is 1. The summed E-state index contributed by atoms with van der Waals surface area (Å²) in [6.07, 6.45) is 2.62. The van der Waals surface area contributed by atoms with Crippen molar-refractivity contribution in [2.45, 2.75) is 18.9 Å². The van der Waals surface area contributed by atoms with E-state index in [1.54, 1.807) is 7.11 Å². The summed E-state index contributed by atoms with van der Waals surface area (Å²) in [5.74, 6) is 0.932. The van der Waals surface area contributed by atoms with E-state index in [4.69, 9.17) is 4.74 Å². The fourth-order valence-corrected chi connectivity index (χ4v) is 3.31. The molecule has 0 unspecified atom stereocenters. The van der Waals surface area contributed by atoms with Gasteiger partial charge in [0.1, 0.15) is 5.75 Å². The molecule has 3 rings (SSSR count). The van der Waals surface area contributed by atoms with Gasteiger partial charge in [-0.2, -0.15) is 0 Å². The number of piperazine rings is 1. The molecule has 0 spiro atoms. The lowest BCUT2D eigenvalue weighted by Gasteiger charge is -2.41. The van der Waals surface area contributed by atoms with Crippen molar-refractivity contribution in [1.82, 2.24) is 10.2 Å². The van der Waals surface area contributed by atoms with Crippen LogP contribution in [0.2, 0.25) is 0 Å². The van der Waals surface area contributed by atoms with Crippen LogP contribution in [0.5, 0.6) is 5.75 Å². The van der Waals surface area contributed by atoms with E-state index in [1.165, 1.54) is 44.7 Å². The molecule has 1 aromatic carbocycles. The summed E-state index contributed by atoms with van der Waals surface area (Å²) < 4.78 is 5.22. The summed E-state index contributed by atoms with van der Waals surface area (Å²) in [4.78, 5) is 5.16. The van der Waals surface area contributed by atoms with Crippen LogP contribution in [0.3, 0.4) is 0 Å². The Labute approximate surface area is 121 Å². The van der Waals surface area contributed by atoms with Gasteiger partial charge < -0.3 is 15.0 Å². The largest absolute Gasteiger partial charge is 0.497 e. The molecule has 0 bridgehead atoms. The van der Waals surface area contributed by atoms with E-state index >= 15 is 0 Å². The first-order chi connectivity index (χ1) is 9.86. The van der Waals surface area contributed by atoms with Gasteiger partial charge in [0.2, 0.25) is 0 Å². The van der Waals surface area contributed by atoms with Gasteiger partial charge in [-0.05, 0) is 50.2 Å². The fourth-order valence-electron chi connectivity index (χ4n) is 3.31. The second kappa shape index (κ2) is 6.46. The Kier molecular flexibility index (Phi) is 4.43. The maximum absolute atomic E-state index is 5.22. The van der Waals surface area contributed by atoms with Crippen LogP contribution in [0.25, 0.3) is 0 Å². The molecule has 20 heavy (non-hydrogen) atoms. The molecule has 0 aliphatic carbocycles. The molecule has 4 heteroatoms. The topological polar surface area (TPSA) is 27.7 Å². The van der Waals surface area contributed by atoms with E-state index in [2.05, 4.69) is 39.4 Å². The highest BCUT2D eigenvalue weighted by atomic mass is 16.5. The lowest BCUT2D eigenvalue weighted by Crippen LogP contribution is -2.52. The van der Waals surface area contributed by atoms with Gasteiger partial charge in [-0.3, -0.25) is 4.90 Å². The van der Waals surface area contributed by atoms with Gasteiger partial charge >= 0.3 is 0 Å². The van der Waals surface area contributed by atoms with Gasteiger partial charge in [0.25, 0.3) is 0 Å². The Balaban J connectivity index is 1.54. The first-order valence-electron chi connectivity index (χ1n) is 7.70. The molecular formula is C16H25N3O. The molecule has 2 heterocycles. The maximum Gasteiger partial charge on any atom is 0.119 e. The first kappa shape index (κ1) is 13.7. The number of rotatable bonds is 3. The van der Waals surface area contributed by atoms with Crippen LogP contribution in [0.15, 0.2) is 24.3 Å². The minimum absolute atomic E-state index is 0.800. The Bertz CT molecular complexity index is 406. The molecule has 0 amide bonds. The summed E-state index contributed by atoms with van der Waals surface area (Å²) in [6, 6.07) is 9.23. The summed E-state index contributed by atoms with van der Waals surface area (Å²) >= 11 is 0. The van der Waals surface area contributed by atoms with E-state index in [1.807, 2.05) is 0 Å². The van der Waals surface area contributed by atoms with Gasteiger partial charge in [0.15, 0.2) is 0 Å². The minimum atomic E-state index is 0.800. The summed E-state index contributed by atoms with van der Waals surface area (Å²) in [5.41, 5.74) is 1.32. The lowest BCUT2D eigenvalue weighted by molar-refractivity contribution is 0.153. The van der Waals surface area contributed by atoms with Gasteiger partial charge in [0.05, 0.1) is 7.11 Å². The SMILES string of the molecule is COc1ccc(N2CCN(C3CCNCC3)CC2)cc1. The smallest absolute Gasteiger partial charge is 0.119 e. The summed E-state index contributed by atoms with van der Waals surface area (Å²) in [5, 5.41) is 3.45. The molecule has 2 aliphatic heterocycles. The number of methoxy groups -OCH3 is 1. The van der Waals surface area contributed by atoms with Crippen LogP contribution in [0.4, 0.5) is 5.69 Å². The summed E-state index contributed by atoms with van der Waals surface area (Å²) in [6.45, 7) is 7.02. The fraction of sp³-hybridized carbons (Fsp3) is 0.625. The number of hydrogen-bond acceptors (Lipinski definition) is 4. The van der Waals surface area contributed by atoms with Gasteiger partial charge in [0, 0.05) is 37.9 Å². The van der Waals surface area contributed by atoms with Crippen LogP contribution in [0, 0.1) is 0 Å². The molecule has 0 saturated carbocycles. The highest BCUT2D eigenvalue weighted by Gasteiger charge is 2.24. The van der Waals surface area contributed by atoms with Crippen LogP contribution < -0.4 is 15.0 Å². The third-order valence-corrected chi connectivity index (χ3v) is 4.58. The normalized spacial score (nSPS) is 21.9. The van der Waals surface area contributed by atoms with Crippen molar-refractivity contribution in [1.29, 1.82) is 0 Å². The molecule has 0 radical (unpaired) electrons. The van der Waals surface area contributed by atoms with Gasteiger partial charge in [-0.15, -0.1) is 0 Å². The van der Waals surface area contributed by atoms with Crippen LogP contribution in [-0.4, -0.2) is 57.3 Å². The molecule has 0 aromatic heterocycles. The Morgan fingerprint density at radius 2 is 1.65 bits per heavy atom. The highest BCUT2D eigenvalue weighted by molar-refractivity contribution is 5.49. The monoisotopic (exact) mass is 275 g/mol. The molecule has 2 aliphatic rings. The molecule has 0 atom stereocenters. The predicted octanol–water partition coefficient (Wildman–Crippen LogP) is 1.57. The third-order valence-electron chi connectivity index (χ3n) is 4.58. The average molecular weight is 275 g/mol. The van der Waals surface area contributed by atoms with E-state index in [0.717, 1.165) is 24.9 Å². The zero-order valence-corrected chi connectivity index (χ0v) is 12.3. The molecule has 2 fully saturated rings. The minimum Gasteiger partial charge on any atom is -0.497 e. The van der Waals surface area contributed by atoms with Crippen LogP contribution in [-0.2, 0) is 0 Å². The van der Waals surface area contributed by atoms with Crippen molar-refractivity contribution in [3.63, 3.8) is 0 Å². The number of hydrogen-bond donors (Lipinski definition) is 1. The zero-order chi connectivity index (χ0) is 13.8. The number of benzene rings is 1. The van der Waals surface area contributed by atoms with Crippen LogP contribution in [0.1, 0.15) is 12.8 Å². The third kappa shape index (κ3) is 3.07. The average Bonchev–Trinajstić information content (AvgIpc) is 2.56. The van der Waals surface area contributed by atoms with E-state index in [0.29, 0.717) is 0 Å². The molecular weight excluding hydrogens is 250 g/mol. The summed E-state index contributed by atoms with van der Waals surface area (Å²) in [7, 11) is 1.72. The standard InChI is InChI=1S/C16H25N3O/c1-20-16-4-2-14(3-5-16)18-10-12-19(13-11-18)15-6-8-17-9-7-15/h2-5,15,17H,6-13H2,1H3. The Morgan fingerprint density at radius 1 is 1.00 bits per heavy atom. The van der Waals surface area contributed by atoms with E-state index < -0.39 is 0 Å². The first-order valence-corrected chi connectivity index (χ1v) is 7.70. The Hall–Kier alpha value is -1.26. The highest BCUT2D eigenvalue weighted by Crippen LogP contribution is 2.22. The van der Waals surface area contributed by atoms with Crippen molar-refractivity contribution in [3.05, 3.63) is 24.3 Å². The quantitative estimate of drug-likeness (QED) is 0.906. The van der Waals surface area contributed by atoms with Crippen molar-refractivity contribution in [2.24, 2.45) is 0 Å². The molecule has 1 N–H and O–H groups in total. The van der Waals surface area contributed by atoms with E-state index in [-0.39, 0.29) is 0 Å². The zero-order valence-electron chi connectivity index (χ0n) is 12.3. The number of nitrogens with one attached hydrogen (secondary N) is 1. The molecule has 4 nitrogen and oxygen atoms in total. The number of anilines is 1. The van der Waals surface area contributed by atoms with E-state index in [9.17, 15) is 0 Å². The second-order valence-corrected chi connectivity index (χ2v) is 5.70. The molecule has 2 saturated heterocycles. The second-order valence-electron chi connectivity index (χ2n) is 5.70. The van der Waals surface area contributed by atoms with Crippen molar-refractivity contribution in [2.75, 3.05) is 51.3 Å².